The van der Waals surface area contributed by atoms with Crippen LogP contribution in [-0.4, -0.2) is 68.1 Å². The summed E-state index contributed by atoms with van der Waals surface area (Å²) in [5, 5.41) is 11.5. The fourth-order valence-corrected chi connectivity index (χ4v) is 1.92. The van der Waals surface area contributed by atoms with E-state index in [1.165, 1.54) is 0 Å². The SMILES string of the molecule is COCCCN(C)C(=O)NCC1CCC(C(=O)O)O1. The van der Waals surface area contributed by atoms with E-state index >= 15 is 0 Å². The molecule has 0 radical (unpaired) electrons. The van der Waals surface area contributed by atoms with E-state index in [2.05, 4.69) is 5.32 Å². The number of hydrogen-bond acceptors (Lipinski definition) is 4. The van der Waals surface area contributed by atoms with Crippen molar-refractivity contribution in [1.82, 2.24) is 10.2 Å². The minimum absolute atomic E-state index is 0.182. The number of nitrogens with zero attached hydrogens (tertiary/aromatic N) is 1. The van der Waals surface area contributed by atoms with E-state index in [1.807, 2.05) is 0 Å². The minimum Gasteiger partial charge on any atom is -0.479 e. The van der Waals surface area contributed by atoms with Crippen LogP contribution < -0.4 is 5.32 Å². The number of carboxylic acid groups (broad SMARTS) is 1. The van der Waals surface area contributed by atoms with Gasteiger partial charge in [0.25, 0.3) is 0 Å². The summed E-state index contributed by atoms with van der Waals surface area (Å²) in [7, 11) is 3.33. The molecule has 1 fully saturated rings. The molecule has 2 amide bonds. The Kier molecular flexibility index (Phi) is 6.58. The number of hydrogen-bond donors (Lipinski definition) is 2. The van der Waals surface area contributed by atoms with Crippen LogP contribution in [0.25, 0.3) is 0 Å². The number of carbonyl (C=O) groups is 2. The smallest absolute Gasteiger partial charge is 0.332 e. The number of methoxy groups -OCH3 is 1. The summed E-state index contributed by atoms with van der Waals surface area (Å²) >= 11 is 0. The molecule has 7 nitrogen and oxygen atoms in total. The minimum atomic E-state index is -0.939. The van der Waals surface area contributed by atoms with Gasteiger partial charge in [0.2, 0.25) is 0 Å². The lowest BCUT2D eigenvalue weighted by Crippen LogP contribution is -2.41. The van der Waals surface area contributed by atoms with Crippen molar-refractivity contribution in [3.63, 3.8) is 0 Å². The molecule has 0 aromatic carbocycles. The number of rotatable bonds is 7. The van der Waals surface area contributed by atoms with Crippen molar-refractivity contribution >= 4 is 12.0 Å². The highest BCUT2D eigenvalue weighted by atomic mass is 16.5. The van der Waals surface area contributed by atoms with E-state index in [9.17, 15) is 9.59 Å². The van der Waals surface area contributed by atoms with Gasteiger partial charge >= 0.3 is 12.0 Å². The molecule has 0 aromatic rings. The lowest BCUT2D eigenvalue weighted by atomic mass is 10.2. The third kappa shape index (κ3) is 5.44. The van der Waals surface area contributed by atoms with Gasteiger partial charge in [-0.3, -0.25) is 0 Å². The largest absolute Gasteiger partial charge is 0.479 e. The van der Waals surface area contributed by atoms with Crippen LogP contribution in [0.5, 0.6) is 0 Å². The topological polar surface area (TPSA) is 88.1 Å². The second-order valence-electron chi connectivity index (χ2n) is 4.62. The van der Waals surface area contributed by atoms with E-state index in [1.54, 1.807) is 19.1 Å². The molecule has 2 unspecified atom stereocenters. The average Bonchev–Trinajstić information content (AvgIpc) is 2.85. The maximum Gasteiger partial charge on any atom is 0.332 e. The van der Waals surface area contributed by atoms with Crippen molar-refractivity contribution in [2.75, 3.05) is 33.9 Å². The first kappa shape index (κ1) is 15.7. The summed E-state index contributed by atoms with van der Waals surface area (Å²) in [4.78, 5) is 24.0. The Balaban J connectivity index is 2.18. The Morgan fingerprint density at radius 3 is 2.79 bits per heavy atom. The van der Waals surface area contributed by atoms with Crippen LogP contribution in [0.3, 0.4) is 0 Å². The number of aliphatic carboxylic acids is 1. The first-order valence-electron chi connectivity index (χ1n) is 6.40. The highest BCUT2D eigenvalue weighted by Gasteiger charge is 2.30. The van der Waals surface area contributed by atoms with Crippen molar-refractivity contribution in [3.8, 4) is 0 Å². The molecule has 0 aromatic heterocycles. The van der Waals surface area contributed by atoms with E-state index in [0.29, 0.717) is 32.5 Å². The molecule has 1 aliphatic heterocycles. The summed E-state index contributed by atoms with van der Waals surface area (Å²) in [6, 6.07) is -0.182. The molecule has 0 saturated carbocycles. The van der Waals surface area contributed by atoms with Crippen LogP contribution in [0.1, 0.15) is 19.3 Å². The van der Waals surface area contributed by atoms with Gasteiger partial charge in [-0.1, -0.05) is 0 Å². The Morgan fingerprint density at radius 2 is 2.21 bits per heavy atom. The number of amides is 2. The summed E-state index contributed by atoms with van der Waals surface area (Å²) in [5.41, 5.74) is 0. The maximum atomic E-state index is 11.7. The normalized spacial score (nSPS) is 22.2. The van der Waals surface area contributed by atoms with E-state index < -0.39 is 12.1 Å². The number of carbonyl (C=O) groups excluding carboxylic acids is 1. The third-order valence-electron chi connectivity index (χ3n) is 3.05. The molecule has 2 atom stereocenters. The Bertz CT molecular complexity index is 310. The van der Waals surface area contributed by atoms with E-state index in [4.69, 9.17) is 14.6 Å². The quantitative estimate of drug-likeness (QED) is 0.652. The first-order chi connectivity index (χ1) is 9.04. The summed E-state index contributed by atoms with van der Waals surface area (Å²) in [5.74, 6) is -0.939. The maximum absolute atomic E-state index is 11.7. The molecular weight excluding hydrogens is 252 g/mol. The van der Waals surface area contributed by atoms with Gasteiger partial charge in [0.1, 0.15) is 0 Å². The summed E-state index contributed by atoms with van der Waals surface area (Å²) in [6.07, 6.45) is 0.991. The number of nitrogens with one attached hydrogen (secondary N) is 1. The van der Waals surface area contributed by atoms with Crippen molar-refractivity contribution in [3.05, 3.63) is 0 Å². The Hall–Kier alpha value is -1.34. The fraction of sp³-hybridized carbons (Fsp3) is 0.833. The molecule has 0 aliphatic carbocycles. The number of carboxylic acids is 1. The van der Waals surface area contributed by atoms with E-state index in [-0.39, 0.29) is 12.1 Å². The monoisotopic (exact) mass is 274 g/mol. The second kappa shape index (κ2) is 7.96. The van der Waals surface area contributed by atoms with Crippen molar-refractivity contribution < 1.29 is 24.2 Å². The van der Waals surface area contributed by atoms with Gasteiger partial charge in [-0.25, -0.2) is 9.59 Å². The lowest BCUT2D eigenvalue weighted by molar-refractivity contribution is -0.149. The van der Waals surface area contributed by atoms with E-state index in [0.717, 1.165) is 6.42 Å². The molecule has 110 valence electrons. The first-order valence-corrected chi connectivity index (χ1v) is 6.40. The lowest BCUT2D eigenvalue weighted by Gasteiger charge is -2.19. The van der Waals surface area contributed by atoms with Crippen LogP contribution in [-0.2, 0) is 14.3 Å². The van der Waals surface area contributed by atoms with Gasteiger partial charge in [0.15, 0.2) is 6.10 Å². The zero-order chi connectivity index (χ0) is 14.3. The van der Waals surface area contributed by atoms with Gasteiger partial charge in [0, 0.05) is 33.9 Å². The average molecular weight is 274 g/mol. The van der Waals surface area contributed by atoms with Gasteiger partial charge in [-0.05, 0) is 19.3 Å². The molecule has 2 N–H and O–H groups in total. The van der Waals surface area contributed by atoms with Crippen LogP contribution in [0.4, 0.5) is 4.79 Å². The molecule has 1 saturated heterocycles. The predicted molar refractivity (Wildman–Crippen MR) is 68.1 cm³/mol. The Labute approximate surface area is 112 Å². The van der Waals surface area contributed by atoms with Crippen molar-refractivity contribution in [2.24, 2.45) is 0 Å². The zero-order valence-corrected chi connectivity index (χ0v) is 11.4. The van der Waals surface area contributed by atoms with Gasteiger partial charge < -0.3 is 24.8 Å². The number of ether oxygens (including phenoxy) is 2. The number of urea groups is 1. The van der Waals surface area contributed by atoms with Gasteiger partial charge in [0.05, 0.1) is 6.10 Å². The standard InChI is InChI=1S/C12H22N2O5/c1-14(6-3-7-18-2)12(17)13-8-9-4-5-10(19-9)11(15)16/h9-10H,3-8H2,1-2H3,(H,13,17)(H,15,16). The molecule has 1 heterocycles. The molecule has 0 spiro atoms. The molecular formula is C12H22N2O5. The van der Waals surface area contributed by atoms with Gasteiger partial charge in [-0.15, -0.1) is 0 Å². The van der Waals surface area contributed by atoms with Crippen LogP contribution in [0.2, 0.25) is 0 Å². The van der Waals surface area contributed by atoms with Gasteiger partial charge in [-0.2, -0.15) is 0 Å². The van der Waals surface area contributed by atoms with Crippen LogP contribution >= 0.6 is 0 Å². The zero-order valence-electron chi connectivity index (χ0n) is 11.4. The van der Waals surface area contributed by atoms with Crippen molar-refractivity contribution in [2.45, 2.75) is 31.5 Å². The highest BCUT2D eigenvalue weighted by Crippen LogP contribution is 2.19. The second-order valence-corrected chi connectivity index (χ2v) is 4.62. The van der Waals surface area contributed by atoms with Crippen molar-refractivity contribution in [1.29, 1.82) is 0 Å². The molecule has 1 rings (SSSR count). The molecule has 7 heteroatoms. The fourth-order valence-electron chi connectivity index (χ4n) is 1.92. The van der Waals surface area contributed by atoms with Crippen LogP contribution in [0, 0.1) is 0 Å². The summed E-state index contributed by atoms with van der Waals surface area (Å²) in [6.45, 7) is 1.57. The highest BCUT2D eigenvalue weighted by molar-refractivity contribution is 5.74. The van der Waals surface area contributed by atoms with Crippen LogP contribution in [0.15, 0.2) is 0 Å². The summed E-state index contributed by atoms with van der Waals surface area (Å²) < 4.78 is 10.2. The molecule has 0 bridgehead atoms. The molecule has 1 aliphatic rings. The predicted octanol–water partition coefficient (Wildman–Crippen LogP) is 0.297. The third-order valence-corrected chi connectivity index (χ3v) is 3.05. The Morgan fingerprint density at radius 1 is 1.47 bits per heavy atom. The molecule has 19 heavy (non-hydrogen) atoms.